The van der Waals surface area contributed by atoms with Gasteiger partial charge in [-0.15, -0.1) is 23.2 Å². The molecule has 0 atom stereocenters. The van der Waals surface area contributed by atoms with E-state index in [0.717, 1.165) is 4.57 Å². The highest BCUT2D eigenvalue weighted by Gasteiger charge is 2.25. The predicted molar refractivity (Wildman–Crippen MR) is 170 cm³/mol. The Morgan fingerprint density at radius 2 is 1.25 bits per heavy atom. The van der Waals surface area contributed by atoms with Crippen LogP contribution in [0.5, 0.6) is 0 Å². The van der Waals surface area contributed by atoms with Gasteiger partial charge in [-0.25, -0.2) is 28.9 Å². The molecule has 0 unspecified atom stereocenters. The maximum Gasteiger partial charge on any atom is 0.519 e. The normalized spacial score (nSPS) is 14.1. The molecule has 2 heterocycles. The van der Waals surface area contributed by atoms with Crippen molar-refractivity contribution in [3.05, 3.63) is 60.0 Å². The average Bonchev–Trinajstić information content (AvgIpc) is 3.61. The summed E-state index contributed by atoms with van der Waals surface area (Å²) in [5.74, 6) is 0.568. The van der Waals surface area contributed by atoms with Crippen LogP contribution in [0.4, 0.5) is 14.4 Å². The summed E-state index contributed by atoms with van der Waals surface area (Å²) < 4.78 is 81.4. The molecule has 0 saturated heterocycles. The molecule has 0 spiro atoms. The van der Waals surface area contributed by atoms with Crippen LogP contribution in [0.15, 0.2) is 48.3 Å². The van der Waals surface area contributed by atoms with Gasteiger partial charge < -0.3 is 23.9 Å². The quantitative estimate of drug-likeness (QED) is 0.0970. The molecule has 0 saturated carbocycles. The van der Waals surface area contributed by atoms with Crippen molar-refractivity contribution in [2.45, 2.75) is 90.9 Å². The standard InChI is InChI=1S/C13H15ClN2O2.C10H18O5.C8H7ClN2/c1-13(2,3)18-12(17)16-10-7-5-4-6-9(10)15-11(16)8-14;1-9(2,3)14-7(11)13-8(12)15-10(4,5)6;9-5-8-10-6-3-1-2-4-7(6)11-8/h4-7H,8H2,1-3H3;1-6H3;1-4H,5H2,(H,10,11)/i4D,5D,6D,7D;;1D,2D,3D,4D. The molecule has 2 aromatic heterocycles. The largest absolute Gasteiger partial charge is 0.519 e. The zero-order valence-electron chi connectivity index (χ0n) is 33.9. The van der Waals surface area contributed by atoms with E-state index in [-0.39, 0.29) is 70.4 Å². The number of rotatable bonds is 2. The molecule has 0 aliphatic heterocycles. The molecule has 0 aliphatic rings. The fourth-order valence-corrected chi connectivity index (χ4v) is 3.21. The van der Waals surface area contributed by atoms with E-state index in [1.807, 2.05) is 0 Å². The Kier molecular flexibility index (Phi) is 8.84. The van der Waals surface area contributed by atoms with E-state index in [1.165, 1.54) is 0 Å². The van der Waals surface area contributed by atoms with Gasteiger partial charge in [0.15, 0.2) is 0 Å². The van der Waals surface area contributed by atoms with Crippen LogP contribution in [0.2, 0.25) is 0 Å². The number of carbonyl (C=O) groups excluding carboxylic acids is 3. The summed E-state index contributed by atoms with van der Waals surface area (Å²) in [6.45, 7) is 15.1. The molecule has 240 valence electrons. The van der Waals surface area contributed by atoms with Crippen LogP contribution in [0.25, 0.3) is 22.1 Å². The fraction of sp³-hybridized carbons (Fsp3) is 0.452. The van der Waals surface area contributed by atoms with E-state index in [1.54, 1.807) is 62.3 Å². The van der Waals surface area contributed by atoms with Gasteiger partial charge in [-0.2, -0.15) is 0 Å². The maximum atomic E-state index is 12.4. The minimum absolute atomic E-state index is 0.00694. The topological polar surface area (TPSA) is 135 Å². The molecule has 44 heavy (non-hydrogen) atoms. The van der Waals surface area contributed by atoms with Crippen molar-refractivity contribution < 1.29 is 44.3 Å². The molecular formula is C31H40Cl2N4O7. The van der Waals surface area contributed by atoms with Gasteiger partial charge >= 0.3 is 18.4 Å². The Bertz CT molecular complexity index is 1910. The molecule has 13 heteroatoms. The number of hydrogen-bond donors (Lipinski definition) is 1. The average molecular weight is 660 g/mol. The summed E-state index contributed by atoms with van der Waals surface area (Å²) in [6, 6.07) is -2.32. The first-order chi connectivity index (χ1) is 23.6. The lowest BCUT2D eigenvalue weighted by molar-refractivity contribution is -0.0294. The van der Waals surface area contributed by atoms with Gasteiger partial charge in [0.25, 0.3) is 0 Å². The summed E-state index contributed by atoms with van der Waals surface area (Å²) in [7, 11) is 0. The number of nitrogens with zero attached hydrogens (tertiary/aromatic N) is 3. The predicted octanol–water partition coefficient (Wildman–Crippen LogP) is 8.73. The molecule has 0 aliphatic carbocycles. The number of nitrogens with one attached hydrogen (secondary N) is 1. The van der Waals surface area contributed by atoms with Gasteiger partial charge in [0.1, 0.15) is 28.5 Å². The molecule has 1 N–H and O–H groups in total. The van der Waals surface area contributed by atoms with Crippen LogP contribution in [-0.4, -0.2) is 54.7 Å². The number of benzene rings is 2. The lowest BCUT2D eigenvalue weighted by Crippen LogP contribution is -2.29. The van der Waals surface area contributed by atoms with E-state index in [4.69, 9.17) is 48.4 Å². The molecule has 11 nitrogen and oxygen atoms in total. The molecule has 4 rings (SSSR count). The molecule has 4 aromatic rings. The van der Waals surface area contributed by atoms with E-state index in [9.17, 15) is 14.4 Å². The number of carbonyl (C=O) groups is 3. The van der Waals surface area contributed by atoms with Crippen molar-refractivity contribution >= 4 is 63.7 Å². The summed E-state index contributed by atoms with van der Waals surface area (Å²) in [4.78, 5) is 45.2. The zero-order valence-corrected chi connectivity index (χ0v) is 27.4. The van der Waals surface area contributed by atoms with E-state index >= 15 is 0 Å². The Morgan fingerprint density at radius 3 is 1.75 bits per heavy atom. The Hall–Kier alpha value is -3.83. The lowest BCUT2D eigenvalue weighted by atomic mass is 10.2. The molecule has 2 aromatic carbocycles. The van der Waals surface area contributed by atoms with Gasteiger partial charge in [-0.1, -0.05) is 24.2 Å². The van der Waals surface area contributed by atoms with Crippen LogP contribution in [0, 0.1) is 0 Å². The van der Waals surface area contributed by atoms with Crippen LogP contribution in [-0.2, 0) is 30.7 Å². The molecule has 0 bridgehead atoms. The third-order valence-electron chi connectivity index (χ3n) is 4.32. The maximum absolute atomic E-state index is 12.4. The zero-order chi connectivity index (χ0) is 40.3. The number of fused-ring (bicyclic) bond motifs is 2. The second-order valence-electron chi connectivity index (χ2n) is 11.7. The summed E-state index contributed by atoms with van der Waals surface area (Å²) in [5.41, 5.74) is -1.66. The smallest absolute Gasteiger partial charge is 0.443 e. The van der Waals surface area contributed by atoms with Crippen LogP contribution >= 0.6 is 23.2 Å². The summed E-state index contributed by atoms with van der Waals surface area (Å²) in [6.07, 6.45) is -2.90. The molecule has 0 amide bonds. The van der Waals surface area contributed by atoms with Gasteiger partial charge in [-0.05, 0) is 86.5 Å². The minimum Gasteiger partial charge on any atom is -0.443 e. The number of halogens is 2. The van der Waals surface area contributed by atoms with Crippen molar-refractivity contribution in [3.63, 3.8) is 0 Å². The number of imidazole rings is 2. The van der Waals surface area contributed by atoms with Crippen molar-refractivity contribution in [1.82, 2.24) is 19.5 Å². The van der Waals surface area contributed by atoms with Gasteiger partial charge in [0.2, 0.25) is 0 Å². The number of H-pyrrole nitrogens is 1. The first-order valence-electron chi connectivity index (χ1n) is 17.1. The van der Waals surface area contributed by atoms with E-state index < -0.39 is 47.3 Å². The number of aromatic amines is 1. The van der Waals surface area contributed by atoms with Crippen molar-refractivity contribution in [2.24, 2.45) is 0 Å². The van der Waals surface area contributed by atoms with E-state index in [2.05, 4.69) is 19.7 Å². The van der Waals surface area contributed by atoms with E-state index in [0.29, 0.717) is 11.3 Å². The van der Waals surface area contributed by atoms with Crippen molar-refractivity contribution in [2.75, 3.05) is 0 Å². The number of aromatic nitrogens is 4. The Labute approximate surface area is 278 Å². The number of hydrogen-bond acceptors (Lipinski definition) is 9. The molecular weight excluding hydrogens is 611 g/mol. The second kappa shape index (κ2) is 15.3. The first-order valence-corrected chi connectivity index (χ1v) is 14.1. The fourth-order valence-electron chi connectivity index (χ4n) is 2.90. The van der Waals surface area contributed by atoms with Crippen molar-refractivity contribution in [1.29, 1.82) is 0 Å². The highest BCUT2D eigenvalue weighted by molar-refractivity contribution is 6.17. The SMILES string of the molecule is CC(C)(C)OC(=O)OC(=O)OC(C)(C)C.[2H]c1c([2H])c([2H])c2[nH]c(CCl)nc2c1[2H].[2H]c1c([2H])c([2H])c2c(nc(CCl)n2C(=O)OC(C)(C)C)c1[2H]. The van der Waals surface area contributed by atoms with Gasteiger partial charge in [0, 0.05) is 0 Å². The third-order valence-corrected chi connectivity index (χ3v) is 4.82. The number of alkyl halides is 2. The highest BCUT2D eigenvalue weighted by Crippen LogP contribution is 2.20. The van der Waals surface area contributed by atoms with Gasteiger partial charge in [-0.3, -0.25) is 0 Å². The Morgan fingerprint density at radius 1 is 0.750 bits per heavy atom. The lowest BCUT2D eigenvalue weighted by Gasteiger charge is -2.20. The van der Waals surface area contributed by atoms with Crippen molar-refractivity contribution in [3.8, 4) is 0 Å². The Balaban J connectivity index is 0.000000279. The first kappa shape index (κ1) is 25.5. The van der Waals surface area contributed by atoms with Crippen LogP contribution in [0.3, 0.4) is 0 Å². The summed E-state index contributed by atoms with van der Waals surface area (Å²) >= 11 is 11.4. The molecule has 0 radical (unpaired) electrons. The second-order valence-corrected chi connectivity index (χ2v) is 12.3. The third kappa shape index (κ3) is 12.4. The van der Waals surface area contributed by atoms with Crippen LogP contribution < -0.4 is 0 Å². The number of ether oxygens (including phenoxy) is 4. The molecule has 0 fully saturated rings. The van der Waals surface area contributed by atoms with Gasteiger partial charge in [0.05, 0.1) is 44.8 Å². The summed E-state index contributed by atoms with van der Waals surface area (Å²) in [5, 5.41) is 0. The van der Waals surface area contributed by atoms with Crippen LogP contribution in [0.1, 0.15) is 84.9 Å². The monoisotopic (exact) mass is 658 g/mol. The highest BCUT2D eigenvalue weighted by atomic mass is 35.5. The minimum atomic E-state index is -1.06. The number of para-hydroxylation sites is 4.